The molecule has 14 heteroatoms. The van der Waals surface area contributed by atoms with E-state index in [0.717, 1.165) is 5.56 Å². The van der Waals surface area contributed by atoms with Gasteiger partial charge in [-0.3, -0.25) is 30.9 Å². The van der Waals surface area contributed by atoms with E-state index in [1.54, 1.807) is 71.0 Å². The number of carbonyl (C=O) groups is 2. The lowest BCUT2D eigenvalue weighted by Crippen LogP contribution is -2.27. The molecule has 0 atom stereocenters. The number of carbonyl (C=O) groups excluding carboxylic acids is 2. The van der Waals surface area contributed by atoms with E-state index in [0.29, 0.717) is 33.9 Å². The van der Waals surface area contributed by atoms with Gasteiger partial charge in [0.1, 0.15) is 11.2 Å². The first-order valence-corrected chi connectivity index (χ1v) is 13.7. The molecular weight excluding hydrogens is 584 g/mol. The van der Waals surface area contributed by atoms with Crippen molar-refractivity contribution in [3.8, 4) is 0 Å². The standard InChI is InChI=1S/C12H16N2O4.C12H18N2O2.C7H8N2O2/c1-8-5-6-9(7-10(8)14(16)17)13-11(15)18-12(2,3)4;1-8-5-6-9(7-10(8)13)14-11(15)16-12(2,3)4;1-5-2-3-6(8)4-7(5)9(10)11/h5-7H,1-4H3,(H,13,15);5-7H,13H2,1-4H3,(H,14,15);2-4H,8H2,1H3. The number of nitro groups is 2. The van der Waals surface area contributed by atoms with Gasteiger partial charge in [0, 0.05) is 40.3 Å². The van der Waals surface area contributed by atoms with Crippen molar-refractivity contribution >= 4 is 46.3 Å². The number of nitrogens with one attached hydrogen (secondary N) is 2. The molecule has 0 aromatic heterocycles. The van der Waals surface area contributed by atoms with E-state index < -0.39 is 33.2 Å². The van der Waals surface area contributed by atoms with Gasteiger partial charge in [-0.2, -0.15) is 0 Å². The number of aryl methyl sites for hydroxylation is 3. The summed E-state index contributed by atoms with van der Waals surface area (Å²) in [4.78, 5) is 43.1. The highest BCUT2D eigenvalue weighted by atomic mass is 16.6. The molecular formula is C31H42N6O8. The van der Waals surface area contributed by atoms with Gasteiger partial charge in [-0.1, -0.05) is 18.2 Å². The van der Waals surface area contributed by atoms with E-state index in [1.807, 2.05) is 33.8 Å². The molecule has 0 spiro atoms. The first kappa shape index (κ1) is 37.6. The maximum absolute atomic E-state index is 11.5. The number of rotatable bonds is 4. The van der Waals surface area contributed by atoms with Crippen LogP contribution in [0.5, 0.6) is 0 Å². The lowest BCUT2D eigenvalue weighted by molar-refractivity contribution is -0.385. The van der Waals surface area contributed by atoms with E-state index in [9.17, 15) is 29.8 Å². The summed E-state index contributed by atoms with van der Waals surface area (Å²) < 4.78 is 10.2. The first-order chi connectivity index (χ1) is 20.6. The van der Waals surface area contributed by atoms with Crippen molar-refractivity contribution in [1.29, 1.82) is 0 Å². The highest BCUT2D eigenvalue weighted by molar-refractivity contribution is 5.86. The number of nitrogens with two attached hydrogens (primary N) is 2. The number of benzene rings is 3. The van der Waals surface area contributed by atoms with Gasteiger partial charge in [0.05, 0.1) is 15.5 Å². The van der Waals surface area contributed by atoms with Gasteiger partial charge in [-0.25, -0.2) is 9.59 Å². The molecule has 0 bridgehead atoms. The quantitative estimate of drug-likeness (QED) is 0.126. The molecule has 0 heterocycles. The number of nitrogens with zero attached hydrogens (tertiary/aromatic N) is 2. The Balaban J connectivity index is 0.000000347. The van der Waals surface area contributed by atoms with Crippen molar-refractivity contribution in [3.05, 3.63) is 91.5 Å². The summed E-state index contributed by atoms with van der Waals surface area (Å²) in [6.45, 7) is 15.9. The van der Waals surface area contributed by atoms with Crippen LogP contribution in [0.2, 0.25) is 0 Å². The van der Waals surface area contributed by atoms with Gasteiger partial charge in [0.2, 0.25) is 0 Å². The fourth-order valence-corrected chi connectivity index (χ4v) is 3.27. The monoisotopic (exact) mass is 626 g/mol. The minimum atomic E-state index is -0.638. The summed E-state index contributed by atoms with van der Waals surface area (Å²) in [5, 5.41) is 26.2. The Labute approximate surface area is 262 Å². The Kier molecular flexibility index (Phi) is 13.3. The predicted octanol–water partition coefficient (Wildman–Crippen LogP) is 7.66. The molecule has 0 saturated carbocycles. The molecule has 45 heavy (non-hydrogen) atoms. The van der Waals surface area contributed by atoms with Crippen LogP contribution >= 0.6 is 0 Å². The fourth-order valence-electron chi connectivity index (χ4n) is 3.27. The number of anilines is 4. The van der Waals surface area contributed by atoms with Crippen LogP contribution in [-0.4, -0.2) is 33.2 Å². The summed E-state index contributed by atoms with van der Waals surface area (Å²) in [5.74, 6) is 0. The van der Waals surface area contributed by atoms with Crippen LogP contribution in [0.1, 0.15) is 58.2 Å². The minimum absolute atomic E-state index is 0.0384. The molecule has 0 saturated heterocycles. The van der Waals surface area contributed by atoms with Crippen molar-refractivity contribution < 1.29 is 28.9 Å². The third kappa shape index (κ3) is 14.6. The summed E-state index contributed by atoms with van der Waals surface area (Å²) in [6, 6.07) is 14.4. The van der Waals surface area contributed by atoms with Crippen molar-refractivity contribution in [2.24, 2.45) is 0 Å². The fraction of sp³-hybridized carbons (Fsp3) is 0.355. The normalized spacial score (nSPS) is 10.6. The lowest BCUT2D eigenvalue weighted by atomic mass is 10.2. The van der Waals surface area contributed by atoms with Crippen LogP contribution in [-0.2, 0) is 9.47 Å². The molecule has 14 nitrogen and oxygen atoms in total. The van der Waals surface area contributed by atoms with Crippen molar-refractivity contribution in [2.75, 3.05) is 22.1 Å². The number of amides is 2. The van der Waals surface area contributed by atoms with Crippen molar-refractivity contribution in [3.63, 3.8) is 0 Å². The first-order valence-electron chi connectivity index (χ1n) is 13.7. The van der Waals surface area contributed by atoms with Crippen LogP contribution in [0.3, 0.4) is 0 Å². The molecule has 2 amide bonds. The molecule has 3 aromatic rings. The van der Waals surface area contributed by atoms with Gasteiger partial charge in [0.15, 0.2) is 0 Å². The third-order valence-corrected chi connectivity index (χ3v) is 5.41. The number of ether oxygens (including phenoxy) is 2. The van der Waals surface area contributed by atoms with Gasteiger partial charge < -0.3 is 20.9 Å². The minimum Gasteiger partial charge on any atom is -0.444 e. The summed E-state index contributed by atoms with van der Waals surface area (Å²) in [7, 11) is 0. The lowest BCUT2D eigenvalue weighted by Gasteiger charge is -2.19. The van der Waals surface area contributed by atoms with Gasteiger partial charge in [0.25, 0.3) is 11.4 Å². The highest BCUT2D eigenvalue weighted by Gasteiger charge is 2.18. The van der Waals surface area contributed by atoms with E-state index in [-0.39, 0.29) is 11.4 Å². The van der Waals surface area contributed by atoms with E-state index in [4.69, 9.17) is 20.9 Å². The van der Waals surface area contributed by atoms with Gasteiger partial charge in [-0.15, -0.1) is 0 Å². The molecule has 0 aliphatic heterocycles. The second-order valence-corrected chi connectivity index (χ2v) is 11.9. The molecule has 0 aliphatic carbocycles. The summed E-state index contributed by atoms with van der Waals surface area (Å²) in [5.41, 5.74) is 14.2. The van der Waals surface area contributed by atoms with Crippen LogP contribution in [0.4, 0.5) is 43.7 Å². The van der Waals surface area contributed by atoms with Crippen molar-refractivity contribution in [2.45, 2.75) is 73.5 Å². The molecule has 3 aromatic carbocycles. The van der Waals surface area contributed by atoms with Gasteiger partial charge in [-0.05, 0) is 92.1 Å². The molecule has 0 radical (unpaired) electrons. The zero-order valence-electron chi connectivity index (χ0n) is 27.0. The zero-order chi connectivity index (χ0) is 34.7. The predicted molar refractivity (Wildman–Crippen MR) is 175 cm³/mol. The van der Waals surface area contributed by atoms with E-state index in [2.05, 4.69) is 10.6 Å². The van der Waals surface area contributed by atoms with E-state index in [1.165, 1.54) is 12.1 Å². The van der Waals surface area contributed by atoms with Crippen LogP contribution in [0.15, 0.2) is 54.6 Å². The Morgan fingerprint density at radius 3 is 1.40 bits per heavy atom. The molecule has 0 fully saturated rings. The Morgan fingerprint density at radius 2 is 1.02 bits per heavy atom. The second-order valence-electron chi connectivity index (χ2n) is 11.9. The number of hydrogen-bond donors (Lipinski definition) is 4. The maximum atomic E-state index is 11.5. The van der Waals surface area contributed by atoms with Crippen LogP contribution < -0.4 is 22.1 Å². The van der Waals surface area contributed by atoms with E-state index >= 15 is 0 Å². The maximum Gasteiger partial charge on any atom is 0.412 e. The Morgan fingerprint density at radius 1 is 0.644 bits per heavy atom. The summed E-state index contributed by atoms with van der Waals surface area (Å²) >= 11 is 0. The SMILES string of the molecule is Cc1ccc(N)cc1[N+](=O)[O-].Cc1ccc(NC(=O)OC(C)(C)C)cc1N.Cc1ccc(NC(=O)OC(C)(C)C)cc1[N+](=O)[O-]. The smallest absolute Gasteiger partial charge is 0.412 e. The number of nitro benzene ring substituents is 2. The molecule has 6 N–H and O–H groups in total. The zero-order valence-corrected chi connectivity index (χ0v) is 27.0. The number of hydrogen-bond acceptors (Lipinski definition) is 10. The second kappa shape index (κ2) is 15.9. The largest absolute Gasteiger partial charge is 0.444 e. The summed E-state index contributed by atoms with van der Waals surface area (Å²) in [6.07, 6.45) is -1.11. The topological polar surface area (TPSA) is 215 Å². The Bertz CT molecular complexity index is 1530. The highest BCUT2D eigenvalue weighted by Crippen LogP contribution is 2.23. The molecule has 0 unspecified atom stereocenters. The van der Waals surface area contributed by atoms with Crippen LogP contribution in [0, 0.1) is 41.0 Å². The number of nitrogen functional groups attached to an aromatic ring is 2. The Hall–Kier alpha value is -5.40. The van der Waals surface area contributed by atoms with Crippen LogP contribution in [0.25, 0.3) is 0 Å². The molecule has 0 aliphatic rings. The average molecular weight is 627 g/mol. The molecule has 3 rings (SSSR count). The van der Waals surface area contributed by atoms with Crippen molar-refractivity contribution in [1.82, 2.24) is 0 Å². The third-order valence-electron chi connectivity index (χ3n) is 5.41. The molecule has 244 valence electrons. The average Bonchev–Trinajstić information content (AvgIpc) is 2.87. The van der Waals surface area contributed by atoms with Gasteiger partial charge >= 0.3 is 12.2 Å².